The van der Waals surface area contributed by atoms with E-state index in [9.17, 15) is 4.79 Å². The lowest BCUT2D eigenvalue weighted by molar-refractivity contribution is 0.102. The van der Waals surface area contributed by atoms with Gasteiger partial charge in [0.25, 0.3) is 0 Å². The molecule has 0 aliphatic heterocycles. The zero-order valence-electron chi connectivity index (χ0n) is 8.79. The number of thiazole rings is 1. The second kappa shape index (κ2) is 5.51. The monoisotopic (exact) mass is 229 g/mol. The molecule has 0 aromatic carbocycles. The van der Waals surface area contributed by atoms with Crippen LogP contribution >= 0.6 is 23.1 Å². The number of hydrogen-bond donors (Lipinski definition) is 0. The van der Waals surface area contributed by atoms with Gasteiger partial charge in [-0.1, -0.05) is 13.8 Å². The number of ketones is 1. The summed E-state index contributed by atoms with van der Waals surface area (Å²) in [4.78, 5) is 16.6. The molecule has 1 aromatic rings. The first-order chi connectivity index (χ1) is 6.69. The van der Waals surface area contributed by atoms with Gasteiger partial charge in [0.1, 0.15) is 5.01 Å². The van der Waals surface area contributed by atoms with E-state index < -0.39 is 0 Å². The van der Waals surface area contributed by atoms with E-state index >= 15 is 0 Å². The second-order valence-corrected chi connectivity index (χ2v) is 5.29. The van der Waals surface area contributed by atoms with Crippen LogP contribution in [0.1, 0.15) is 41.1 Å². The van der Waals surface area contributed by atoms with Crippen molar-refractivity contribution in [2.24, 2.45) is 0 Å². The van der Waals surface area contributed by atoms with Crippen molar-refractivity contribution >= 4 is 28.9 Å². The van der Waals surface area contributed by atoms with Crippen LogP contribution < -0.4 is 0 Å². The van der Waals surface area contributed by atoms with Crippen LogP contribution in [0.25, 0.3) is 0 Å². The van der Waals surface area contributed by atoms with Crippen LogP contribution in [0.5, 0.6) is 0 Å². The lowest BCUT2D eigenvalue weighted by Crippen LogP contribution is -1.93. The molecule has 0 atom stereocenters. The molecule has 4 heteroatoms. The average molecular weight is 229 g/mol. The predicted molar refractivity (Wildman–Crippen MR) is 63.3 cm³/mol. The van der Waals surface area contributed by atoms with E-state index in [1.54, 1.807) is 18.3 Å². The number of carbonyl (C=O) groups excluding carboxylic acids is 1. The van der Waals surface area contributed by atoms with Gasteiger partial charge in [-0.15, -0.1) is 11.3 Å². The largest absolute Gasteiger partial charge is 0.294 e. The molecule has 0 saturated heterocycles. The van der Waals surface area contributed by atoms with Crippen molar-refractivity contribution in [2.75, 3.05) is 5.75 Å². The number of hydrogen-bond acceptors (Lipinski definition) is 4. The van der Waals surface area contributed by atoms with E-state index in [1.807, 2.05) is 18.7 Å². The Morgan fingerprint density at radius 2 is 2.21 bits per heavy atom. The third kappa shape index (κ3) is 2.82. The lowest BCUT2D eigenvalue weighted by atomic mass is 10.2. The van der Waals surface area contributed by atoms with E-state index in [4.69, 9.17) is 0 Å². The van der Waals surface area contributed by atoms with Gasteiger partial charge in [0.2, 0.25) is 0 Å². The Labute approximate surface area is 93.1 Å². The Morgan fingerprint density at radius 1 is 1.50 bits per heavy atom. The third-order valence-electron chi connectivity index (χ3n) is 1.83. The van der Waals surface area contributed by atoms with Crippen LogP contribution in [0.3, 0.4) is 0 Å². The van der Waals surface area contributed by atoms with E-state index in [-0.39, 0.29) is 5.78 Å². The van der Waals surface area contributed by atoms with Gasteiger partial charge in [0.05, 0.1) is 10.6 Å². The van der Waals surface area contributed by atoms with Crippen LogP contribution in [0.15, 0.2) is 0 Å². The zero-order chi connectivity index (χ0) is 10.6. The SMILES string of the molecule is CCSCc1nc(CC)c(C(C)=O)s1. The first kappa shape index (κ1) is 11.7. The molecule has 0 aliphatic carbocycles. The van der Waals surface area contributed by atoms with Gasteiger partial charge in [-0.05, 0) is 12.2 Å². The Balaban J connectivity index is 2.83. The normalized spacial score (nSPS) is 10.5. The molecule has 0 unspecified atom stereocenters. The number of nitrogens with zero attached hydrogens (tertiary/aromatic N) is 1. The predicted octanol–water partition coefficient (Wildman–Crippen LogP) is 3.16. The first-order valence-electron chi connectivity index (χ1n) is 4.76. The van der Waals surface area contributed by atoms with Gasteiger partial charge >= 0.3 is 0 Å². The Morgan fingerprint density at radius 3 is 2.64 bits per heavy atom. The third-order valence-corrected chi connectivity index (χ3v) is 4.09. The van der Waals surface area contributed by atoms with Crippen molar-refractivity contribution in [2.45, 2.75) is 32.9 Å². The van der Waals surface area contributed by atoms with E-state index in [0.29, 0.717) is 0 Å². The summed E-state index contributed by atoms with van der Waals surface area (Å²) in [5.41, 5.74) is 0.967. The van der Waals surface area contributed by atoms with Crippen molar-refractivity contribution < 1.29 is 4.79 Å². The molecule has 0 aliphatic rings. The fourth-order valence-electron chi connectivity index (χ4n) is 1.17. The summed E-state index contributed by atoms with van der Waals surface area (Å²) in [5, 5.41) is 1.08. The van der Waals surface area contributed by atoms with Crippen molar-refractivity contribution in [3.63, 3.8) is 0 Å². The molecule has 0 bridgehead atoms. The van der Waals surface area contributed by atoms with Crippen LogP contribution in [0.2, 0.25) is 0 Å². The second-order valence-electron chi connectivity index (χ2n) is 2.93. The van der Waals surface area contributed by atoms with Gasteiger partial charge < -0.3 is 0 Å². The van der Waals surface area contributed by atoms with Gasteiger partial charge in [-0.2, -0.15) is 11.8 Å². The summed E-state index contributed by atoms with van der Waals surface area (Å²) in [5.74, 6) is 2.17. The van der Waals surface area contributed by atoms with E-state index in [1.165, 1.54) is 0 Å². The molecule has 0 fully saturated rings. The standard InChI is InChI=1S/C10H15NOS2/c1-4-8-10(7(3)12)14-9(11-8)6-13-5-2/h4-6H2,1-3H3. The fourth-order valence-corrected chi connectivity index (χ4v) is 2.94. The summed E-state index contributed by atoms with van der Waals surface area (Å²) >= 11 is 3.39. The highest BCUT2D eigenvalue weighted by Gasteiger charge is 2.12. The topological polar surface area (TPSA) is 30.0 Å². The number of rotatable bonds is 5. The number of Topliss-reactive ketones (excluding diaryl/α,β-unsaturated/α-hetero) is 1. The highest BCUT2D eigenvalue weighted by Crippen LogP contribution is 2.23. The maximum absolute atomic E-state index is 11.3. The maximum atomic E-state index is 11.3. The molecular weight excluding hydrogens is 214 g/mol. The summed E-state index contributed by atoms with van der Waals surface area (Å²) in [6.07, 6.45) is 0.849. The molecule has 0 amide bonds. The van der Waals surface area contributed by atoms with Crippen molar-refractivity contribution in [1.82, 2.24) is 4.98 Å². The number of carbonyl (C=O) groups is 1. The van der Waals surface area contributed by atoms with Crippen LogP contribution in [-0.4, -0.2) is 16.5 Å². The van der Waals surface area contributed by atoms with Gasteiger partial charge in [-0.3, -0.25) is 4.79 Å². The smallest absolute Gasteiger partial charge is 0.171 e. The molecule has 0 radical (unpaired) electrons. The summed E-state index contributed by atoms with van der Waals surface area (Å²) in [7, 11) is 0. The van der Waals surface area contributed by atoms with Gasteiger partial charge in [0.15, 0.2) is 5.78 Å². The fraction of sp³-hybridized carbons (Fsp3) is 0.600. The summed E-state index contributed by atoms with van der Waals surface area (Å²) in [6, 6.07) is 0. The molecule has 0 N–H and O–H groups in total. The molecule has 78 valence electrons. The lowest BCUT2D eigenvalue weighted by Gasteiger charge is -1.91. The van der Waals surface area contributed by atoms with Gasteiger partial charge in [0, 0.05) is 12.7 Å². The molecule has 1 heterocycles. The molecule has 1 aromatic heterocycles. The highest BCUT2D eigenvalue weighted by molar-refractivity contribution is 7.98. The van der Waals surface area contributed by atoms with Crippen molar-refractivity contribution in [1.29, 1.82) is 0 Å². The van der Waals surface area contributed by atoms with Crippen LogP contribution in [0, 0.1) is 0 Å². The Hall–Kier alpha value is -0.350. The minimum Gasteiger partial charge on any atom is -0.294 e. The number of aromatic nitrogens is 1. The Kier molecular flexibility index (Phi) is 4.62. The van der Waals surface area contributed by atoms with E-state index in [0.717, 1.165) is 33.5 Å². The quantitative estimate of drug-likeness (QED) is 0.726. The molecule has 2 nitrogen and oxygen atoms in total. The highest BCUT2D eigenvalue weighted by atomic mass is 32.2. The molecule has 0 saturated carbocycles. The van der Waals surface area contributed by atoms with Crippen molar-refractivity contribution in [3.8, 4) is 0 Å². The maximum Gasteiger partial charge on any atom is 0.171 e. The van der Waals surface area contributed by atoms with Gasteiger partial charge in [-0.25, -0.2) is 4.98 Å². The number of thioether (sulfide) groups is 1. The minimum absolute atomic E-state index is 0.145. The molecule has 1 rings (SSSR count). The molecular formula is C10H15NOS2. The minimum atomic E-state index is 0.145. The summed E-state index contributed by atoms with van der Waals surface area (Å²) < 4.78 is 0. The number of aryl methyl sites for hydroxylation is 1. The average Bonchev–Trinajstić information content (AvgIpc) is 2.57. The van der Waals surface area contributed by atoms with Crippen LogP contribution in [-0.2, 0) is 12.2 Å². The first-order valence-corrected chi connectivity index (χ1v) is 6.73. The molecule has 14 heavy (non-hydrogen) atoms. The van der Waals surface area contributed by atoms with Crippen LogP contribution in [0.4, 0.5) is 0 Å². The zero-order valence-corrected chi connectivity index (χ0v) is 10.4. The van der Waals surface area contributed by atoms with Crippen molar-refractivity contribution in [3.05, 3.63) is 15.6 Å². The van der Waals surface area contributed by atoms with E-state index in [2.05, 4.69) is 11.9 Å². The summed E-state index contributed by atoms with van der Waals surface area (Å²) in [6.45, 7) is 5.78. The Bertz CT molecular complexity index is 320. The molecule has 0 spiro atoms.